The summed E-state index contributed by atoms with van der Waals surface area (Å²) in [4.78, 5) is 15.0. The van der Waals surface area contributed by atoms with E-state index >= 15 is 0 Å². The molecule has 3 heterocycles. The molecule has 0 unspecified atom stereocenters. The van der Waals surface area contributed by atoms with Crippen molar-refractivity contribution in [1.82, 2.24) is 19.5 Å². The molecule has 262 valence electrons. The molecule has 0 atom stereocenters. The predicted molar refractivity (Wildman–Crippen MR) is 234 cm³/mol. The number of nitrogens with zero attached hydrogens (tertiary/aromatic N) is 4. The molecule has 11 rings (SSSR count). The lowest BCUT2D eigenvalue weighted by Crippen LogP contribution is -2.02. The van der Waals surface area contributed by atoms with E-state index in [2.05, 4.69) is 16.7 Å². The van der Waals surface area contributed by atoms with E-state index in [9.17, 15) is 6.85 Å². The number of hydrogen-bond acceptors (Lipinski definition) is 4. The fourth-order valence-corrected chi connectivity index (χ4v) is 8.55. The zero-order valence-corrected chi connectivity index (χ0v) is 30.4. The minimum absolute atomic E-state index is 0.00984. The second kappa shape index (κ2) is 13.3. The first-order valence-corrected chi connectivity index (χ1v) is 18.9. The molecule has 0 aliphatic rings. The van der Waals surface area contributed by atoms with Crippen LogP contribution in [0.2, 0.25) is 0 Å². The molecule has 0 amide bonds. The Morgan fingerprint density at radius 2 is 1.04 bits per heavy atom. The molecule has 0 N–H and O–H groups in total. The van der Waals surface area contributed by atoms with Gasteiger partial charge in [-0.3, -0.25) is 0 Å². The minimum Gasteiger partial charge on any atom is -0.309 e. The van der Waals surface area contributed by atoms with Crippen molar-refractivity contribution in [1.29, 1.82) is 0 Å². The van der Waals surface area contributed by atoms with Crippen molar-refractivity contribution < 1.29 is 11.0 Å². The van der Waals surface area contributed by atoms with Crippen LogP contribution in [-0.4, -0.2) is 19.5 Å². The van der Waals surface area contributed by atoms with Crippen molar-refractivity contribution >= 4 is 53.3 Å². The van der Waals surface area contributed by atoms with Crippen molar-refractivity contribution in [3.63, 3.8) is 0 Å². The Balaban J connectivity index is 1.26. The molecular formula is C51H32N4S. The summed E-state index contributed by atoms with van der Waals surface area (Å²) in [7, 11) is 0. The summed E-state index contributed by atoms with van der Waals surface area (Å²) in [6.45, 7) is 0. The third-order valence-electron chi connectivity index (χ3n) is 10.0. The quantitative estimate of drug-likeness (QED) is 0.170. The number of aromatic nitrogens is 4. The molecule has 0 saturated carbocycles. The second-order valence-corrected chi connectivity index (χ2v) is 14.4. The number of rotatable bonds is 6. The molecule has 0 spiro atoms. The van der Waals surface area contributed by atoms with Crippen LogP contribution in [0.4, 0.5) is 0 Å². The Morgan fingerprint density at radius 3 is 1.70 bits per heavy atom. The maximum atomic E-state index is 9.69. The maximum absolute atomic E-state index is 9.69. The smallest absolute Gasteiger partial charge is 0.164 e. The van der Waals surface area contributed by atoms with Crippen LogP contribution < -0.4 is 0 Å². The number of benzene rings is 8. The van der Waals surface area contributed by atoms with Gasteiger partial charge in [-0.25, -0.2) is 15.0 Å². The first kappa shape index (κ1) is 25.0. The van der Waals surface area contributed by atoms with Crippen LogP contribution in [0.3, 0.4) is 0 Å². The van der Waals surface area contributed by atoms with Gasteiger partial charge in [0.25, 0.3) is 0 Å². The molecule has 3 aromatic heterocycles. The van der Waals surface area contributed by atoms with Gasteiger partial charge in [0.15, 0.2) is 17.5 Å². The van der Waals surface area contributed by atoms with Crippen LogP contribution in [0.15, 0.2) is 194 Å². The van der Waals surface area contributed by atoms with Crippen LogP contribution >= 0.6 is 11.3 Å². The summed E-state index contributed by atoms with van der Waals surface area (Å²) in [6, 6.07) is 44.3. The van der Waals surface area contributed by atoms with E-state index in [-0.39, 0.29) is 70.2 Å². The van der Waals surface area contributed by atoms with E-state index in [1.54, 1.807) is 0 Å². The highest BCUT2D eigenvalue weighted by Crippen LogP contribution is 2.45. The summed E-state index contributed by atoms with van der Waals surface area (Å²) < 4.78 is 75.6. The first-order valence-electron chi connectivity index (χ1n) is 22.1. The summed E-state index contributed by atoms with van der Waals surface area (Å²) in [5, 5.41) is 2.53. The Morgan fingerprint density at radius 1 is 0.429 bits per heavy atom. The lowest BCUT2D eigenvalue weighted by atomic mass is 9.97. The van der Waals surface area contributed by atoms with Crippen LogP contribution in [0.5, 0.6) is 0 Å². The third kappa shape index (κ3) is 5.40. The topological polar surface area (TPSA) is 43.6 Å². The van der Waals surface area contributed by atoms with Crippen LogP contribution in [-0.2, 0) is 0 Å². The Bertz CT molecular complexity index is 3590. The largest absolute Gasteiger partial charge is 0.309 e. The van der Waals surface area contributed by atoms with Crippen molar-refractivity contribution in [3.05, 3.63) is 194 Å². The lowest BCUT2D eigenvalue weighted by molar-refractivity contribution is 1.07. The van der Waals surface area contributed by atoms with Crippen LogP contribution in [0.25, 0.3) is 104 Å². The van der Waals surface area contributed by atoms with Crippen molar-refractivity contribution in [3.8, 4) is 62.1 Å². The standard InChI is InChI=1S/C51H32N4S/c1-4-15-33(16-5-1)36-28-30-47-43(31-36)41-24-14-23-40(48(41)56-47)42-32-37(27-29-46(42)55-44-25-12-10-21-38(44)39-22-11-13-26-45(39)55)51-53-49(34-17-6-2-7-18-34)52-50(54-51)35-19-8-3-9-20-35/h1-32H/i1D,14D,15D,16D,23D,24D,30D,31D. The molecule has 0 aliphatic carbocycles. The molecule has 5 heteroatoms. The van der Waals surface area contributed by atoms with Gasteiger partial charge < -0.3 is 4.57 Å². The SMILES string of the molecule is [2H]c1cc([2H])c(-c2cc([2H])c3sc4c(-c5cc(-c6nc(-c7ccccc7)nc(-c7ccccc7)n6)ccc5-n5c6ccccc6c6ccccc65)c([2H])c([2H])c([2H])c4c3c2[2H])c([2H])c1. The summed E-state index contributed by atoms with van der Waals surface area (Å²) in [6.07, 6.45) is 0. The number of hydrogen-bond donors (Lipinski definition) is 0. The van der Waals surface area contributed by atoms with Gasteiger partial charge >= 0.3 is 0 Å². The van der Waals surface area contributed by atoms with Gasteiger partial charge in [0.2, 0.25) is 0 Å². The van der Waals surface area contributed by atoms with Gasteiger partial charge in [-0.05, 0) is 53.5 Å². The van der Waals surface area contributed by atoms with E-state index in [4.69, 9.17) is 19.1 Å². The number of fused-ring (bicyclic) bond motifs is 6. The van der Waals surface area contributed by atoms with E-state index < -0.39 is 0 Å². The summed E-state index contributed by atoms with van der Waals surface area (Å²) in [5.74, 6) is 1.33. The minimum atomic E-state index is -0.351. The average Bonchev–Trinajstić information content (AvgIpc) is 3.88. The fourth-order valence-electron chi connectivity index (χ4n) is 7.45. The molecule has 8 aromatic carbocycles. The van der Waals surface area contributed by atoms with Crippen LogP contribution in [0.1, 0.15) is 11.0 Å². The monoisotopic (exact) mass is 740 g/mol. The van der Waals surface area contributed by atoms with Gasteiger partial charge in [-0.2, -0.15) is 0 Å². The molecule has 0 fully saturated rings. The molecule has 0 bridgehead atoms. The third-order valence-corrected chi connectivity index (χ3v) is 11.2. The van der Waals surface area contributed by atoms with E-state index in [0.717, 1.165) is 32.9 Å². The Labute approximate surface area is 338 Å². The Hall–Kier alpha value is -7.21. The normalized spacial score (nSPS) is 13.6. The zero-order chi connectivity index (χ0) is 44.0. The number of para-hydroxylation sites is 2. The molecule has 11 aromatic rings. The van der Waals surface area contributed by atoms with E-state index in [0.29, 0.717) is 49.3 Å². The molecular weight excluding hydrogens is 701 g/mol. The highest BCUT2D eigenvalue weighted by atomic mass is 32.1. The summed E-state index contributed by atoms with van der Waals surface area (Å²) >= 11 is 1.18. The van der Waals surface area contributed by atoms with E-state index in [1.165, 1.54) is 29.5 Å². The highest BCUT2D eigenvalue weighted by Gasteiger charge is 2.21. The van der Waals surface area contributed by atoms with Gasteiger partial charge in [-0.15, -0.1) is 11.3 Å². The zero-order valence-electron chi connectivity index (χ0n) is 37.6. The van der Waals surface area contributed by atoms with Gasteiger partial charge in [0, 0.05) is 58.8 Å². The predicted octanol–water partition coefficient (Wildman–Crippen LogP) is 13.7. The highest BCUT2D eigenvalue weighted by molar-refractivity contribution is 7.26. The van der Waals surface area contributed by atoms with Crippen molar-refractivity contribution in [2.45, 2.75) is 0 Å². The maximum Gasteiger partial charge on any atom is 0.164 e. The summed E-state index contributed by atoms with van der Waals surface area (Å²) in [5.41, 5.74) is 5.90. The first-order chi connectivity index (χ1) is 31.1. The lowest BCUT2D eigenvalue weighted by Gasteiger charge is -2.17. The second-order valence-electron chi connectivity index (χ2n) is 13.3. The Kier molecular flexibility index (Phi) is 5.92. The number of thiophene rings is 1. The molecule has 0 saturated heterocycles. The van der Waals surface area contributed by atoms with Crippen molar-refractivity contribution in [2.75, 3.05) is 0 Å². The molecule has 56 heavy (non-hydrogen) atoms. The van der Waals surface area contributed by atoms with Gasteiger partial charge in [0.1, 0.15) is 0 Å². The average molecular weight is 741 g/mol. The van der Waals surface area contributed by atoms with E-state index in [1.807, 2.05) is 115 Å². The van der Waals surface area contributed by atoms with Crippen LogP contribution in [0, 0.1) is 0 Å². The van der Waals surface area contributed by atoms with Gasteiger partial charge in [-0.1, -0.05) is 152 Å². The molecule has 0 aliphatic heterocycles. The van der Waals surface area contributed by atoms with Gasteiger partial charge in [0.05, 0.1) is 27.7 Å². The molecule has 0 radical (unpaired) electrons. The fraction of sp³-hybridized carbons (Fsp3) is 0. The van der Waals surface area contributed by atoms with Crippen molar-refractivity contribution in [2.24, 2.45) is 0 Å². The molecule has 4 nitrogen and oxygen atoms in total.